The molecule has 0 amide bonds. The Hall–Kier alpha value is -0.540. The summed E-state index contributed by atoms with van der Waals surface area (Å²) < 4.78 is 1.04. The predicted molar refractivity (Wildman–Crippen MR) is 76.9 cm³/mol. The van der Waals surface area contributed by atoms with Crippen LogP contribution in [0.2, 0.25) is 0 Å². The highest BCUT2D eigenvalue weighted by atomic mass is 79.9. The van der Waals surface area contributed by atoms with E-state index in [0.29, 0.717) is 5.54 Å². The third-order valence-electron chi connectivity index (χ3n) is 3.77. The van der Waals surface area contributed by atoms with Crippen LogP contribution in [0.15, 0.2) is 22.7 Å². The molecule has 1 saturated carbocycles. The van der Waals surface area contributed by atoms with Gasteiger partial charge in [0.2, 0.25) is 0 Å². The lowest BCUT2D eigenvalue weighted by Gasteiger charge is -2.35. The maximum absolute atomic E-state index is 6.01. The minimum absolute atomic E-state index is 0.303. The highest BCUT2D eigenvalue weighted by Gasteiger charge is 2.25. The van der Waals surface area contributed by atoms with E-state index in [1.807, 2.05) is 6.07 Å². The standard InChI is InChI=1S/C14H21BrN2/c1-14(7-3-2-4-8-14)17-10-11-5-6-12(15)9-13(11)16/h5-6,9,17H,2-4,7-8,10,16H2,1H3. The lowest BCUT2D eigenvalue weighted by Crippen LogP contribution is -2.43. The molecule has 0 heterocycles. The van der Waals surface area contributed by atoms with Crippen LogP contribution < -0.4 is 11.1 Å². The summed E-state index contributed by atoms with van der Waals surface area (Å²) in [5.74, 6) is 0. The van der Waals surface area contributed by atoms with E-state index >= 15 is 0 Å². The van der Waals surface area contributed by atoms with E-state index in [0.717, 1.165) is 16.7 Å². The number of nitrogens with one attached hydrogen (secondary N) is 1. The number of anilines is 1. The molecule has 0 aromatic heterocycles. The second-order valence-corrected chi connectivity index (χ2v) is 6.23. The van der Waals surface area contributed by atoms with Gasteiger partial charge in [0.05, 0.1) is 0 Å². The normalized spacial score (nSPS) is 19.2. The van der Waals surface area contributed by atoms with Gasteiger partial charge in [-0.1, -0.05) is 41.3 Å². The van der Waals surface area contributed by atoms with Crippen LogP contribution in [0, 0.1) is 0 Å². The molecule has 0 saturated heterocycles. The van der Waals surface area contributed by atoms with E-state index in [4.69, 9.17) is 5.73 Å². The smallest absolute Gasteiger partial charge is 0.0370 e. The Morgan fingerprint density at radius 2 is 2.00 bits per heavy atom. The van der Waals surface area contributed by atoms with Crippen molar-refractivity contribution in [1.29, 1.82) is 0 Å². The average molecular weight is 297 g/mol. The monoisotopic (exact) mass is 296 g/mol. The van der Waals surface area contributed by atoms with E-state index in [-0.39, 0.29) is 0 Å². The molecule has 0 unspecified atom stereocenters. The highest BCUT2D eigenvalue weighted by molar-refractivity contribution is 9.10. The quantitative estimate of drug-likeness (QED) is 0.832. The number of nitrogen functional groups attached to an aromatic ring is 1. The van der Waals surface area contributed by atoms with E-state index in [2.05, 4.69) is 40.3 Å². The molecule has 0 atom stereocenters. The van der Waals surface area contributed by atoms with Crippen LogP contribution >= 0.6 is 15.9 Å². The van der Waals surface area contributed by atoms with E-state index in [1.54, 1.807) is 0 Å². The van der Waals surface area contributed by atoms with Crippen molar-refractivity contribution >= 4 is 21.6 Å². The summed E-state index contributed by atoms with van der Waals surface area (Å²) in [6.45, 7) is 3.21. The molecular formula is C14H21BrN2. The van der Waals surface area contributed by atoms with Crippen molar-refractivity contribution in [2.24, 2.45) is 0 Å². The van der Waals surface area contributed by atoms with Gasteiger partial charge in [0.1, 0.15) is 0 Å². The first-order valence-corrected chi connectivity index (χ1v) is 7.17. The predicted octanol–water partition coefficient (Wildman–Crippen LogP) is 3.84. The van der Waals surface area contributed by atoms with Crippen LogP contribution in [0.3, 0.4) is 0 Å². The molecule has 0 radical (unpaired) electrons. The zero-order valence-electron chi connectivity index (χ0n) is 10.4. The zero-order valence-corrected chi connectivity index (χ0v) is 12.0. The lowest BCUT2D eigenvalue weighted by molar-refractivity contribution is 0.252. The van der Waals surface area contributed by atoms with Crippen molar-refractivity contribution in [2.45, 2.75) is 51.1 Å². The SMILES string of the molecule is CC1(NCc2ccc(Br)cc2N)CCCCC1. The van der Waals surface area contributed by atoms with Gasteiger partial charge in [0.15, 0.2) is 0 Å². The van der Waals surface area contributed by atoms with Crippen LogP contribution in [-0.2, 0) is 6.54 Å². The molecule has 2 rings (SSSR count). The maximum Gasteiger partial charge on any atom is 0.0370 e. The number of hydrogen-bond donors (Lipinski definition) is 2. The molecule has 0 bridgehead atoms. The van der Waals surface area contributed by atoms with E-state index < -0.39 is 0 Å². The second-order valence-electron chi connectivity index (χ2n) is 5.32. The fourth-order valence-electron chi connectivity index (χ4n) is 2.54. The molecule has 94 valence electrons. The molecule has 0 aliphatic heterocycles. The van der Waals surface area contributed by atoms with Gasteiger partial charge >= 0.3 is 0 Å². The van der Waals surface area contributed by atoms with Crippen LogP contribution in [0.25, 0.3) is 0 Å². The highest BCUT2D eigenvalue weighted by Crippen LogP contribution is 2.28. The van der Waals surface area contributed by atoms with Crippen LogP contribution in [0.5, 0.6) is 0 Å². The Kier molecular flexibility index (Phi) is 4.10. The molecule has 0 spiro atoms. The van der Waals surface area contributed by atoms with Crippen LogP contribution in [0.1, 0.15) is 44.6 Å². The fourth-order valence-corrected chi connectivity index (χ4v) is 2.92. The first-order chi connectivity index (χ1) is 8.09. The van der Waals surface area contributed by atoms with Crippen molar-refractivity contribution in [3.05, 3.63) is 28.2 Å². The molecule has 3 N–H and O–H groups in total. The Morgan fingerprint density at radius 1 is 1.29 bits per heavy atom. The Balaban J connectivity index is 1.97. The van der Waals surface area contributed by atoms with Crippen LogP contribution in [0.4, 0.5) is 5.69 Å². The summed E-state index contributed by atoms with van der Waals surface area (Å²) in [5, 5.41) is 3.68. The van der Waals surface area contributed by atoms with Gasteiger partial charge in [-0.15, -0.1) is 0 Å². The van der Waals surface area contributed by atoms with Gasteiger partial charge in [-0.2, -0.15) is 0 Å². The topological polar surface area (TPSA) is 38.0 Å². The Labute approximate surface area is 112 Å². The average Bonchev–Trinajstić information content (AvgIpc) is 2.29. The summed E-state index contributed by atoms with van der Waals surface area (Å²) in [6.07, 6.45) is 6.64. The fraction of sp³-hybridized carbons (Fsp3) is 0.571. The van der Waals surface area contributed by atoms with Gasteiger partial charge in [0, 0.05) is 22.2 Å². The van der Waals surface area contributed by atoms with Crippen molar-refractivity contribution in [1.82, 2.24) is 5.32 Å². The molecule has 1 aliphatic carbocycles. The van der Waals surface area contributed by atoms with Crippen molar-refractivity contribution in [2.75, 3.05) is 5.73 Å². The Bertz CT molecular complexity index is 384. The Morgan fingerprint density at radius 3 is 2.65 bits per heavy atom. The van der Waals surface area contributed by atoms with Crippen molar-refractivity contribution in [3.8, 4) is 0 Å². The lowest BCUT2D eigenvalue weighted by atomic mass is 9.83. The molecule has 1 aliphatic rings. The van der Waals surface area contributed by atoms with Crippen molar-refractivity contribution < 1.29 is 0 Å². The summed E-state index contributed by atoms with van der Waals surface area (Å²) >= 11 is 3.43. The largest absolute Gasteiger partial charge is 0.398 e. The van der Waals surface area contributed by atoms with E-state index in [9.17, 15) is 0 Å². The number of hydrogen-bond acceptors (Lipinski definition) is 2. The number of rotatable bonds is 3. The molecule has 17 heavy (non-hydrogen) atoms. The first kappa shape index (κ1) is 12.9. The third kappa shape index (κ3) is 3.46. The van der Waals surface area contributed by atoms with Gasteiger partial charge in [-0.3, -0.25) is 0 Å². The third-order valence-corrected chi connectivity index (χ3v) is 4.26. The van der Waals surface area contributed by atoms with Crippen molar-refractivity contribution in [3.63, 3.8) is 0 Å². The van der Waals surface area contributed by atoms with Crippen LogP contribution in [-0.4, -0.2) is 5.54 Å². The molecular weight excluding hydrogens is 276 g/mol. The number of halogens is 1. The van der Waals surface area contributed by atoms with Gasteiger partial charge in [0.25, 0.3) is 0 Å². The van der Waals surface area contributed by atoms with Gasteiger partial charge in [-0.05, 0) is 37.5 Å². The summed E-state index contributed by atoms with van der Waals surface area (Å²) in [7, 11) is 0. The first-order valence-electron chi connectivity index (χ1n) is 6.38. The minimum atomic E-state index is 0.303. The molecule has 1 aromatic rings. The maximum atomic E-state index is 6.01. The minimum Gasteiger partial charge on any atom is -0.398 e. The molecule has 2 nitrogen and oxygen atoms in total. The summed E-state index contributed by atoms with van der Waals surface area (Å²) in [6, 6.07) is 6.12. The molecule has 1 aromatic carbocycles. The van der Waals surface area contributed by atoms with Gasteiger partial charge in [-0.25, -0.2) is 0 Å². The second kappa shape index (κ2) is 5.40. The number of benzene rings is 1. The van der Waals surface area contributed by atoms with Gasteiger partial charge < -0.3 is 11.1 Å². The molecule has 1 fully saturated rings. The summed E-state index contributed by atoms with van der Waals surface area (Å²) in [5.41, 5.74) is 8.37. The summed E-state index contributed by atoms with van der Waals surface area (Å²) in [4.78, 5) is 0. The molecule has 3 heteroatoms. The number of nitrogens with two attached hydrogens (primary N) is 1. The zero-order chi connectivity index (χ0) is 12.3. The van der Waals surface area contributed by atoms with E-state index in [1.165, 1.54) is 37.7 Å².